The van der Waals surface area contributed by atoms with E-state index in [1.165, 1.54) is 25.6 Å². The first-order valence-electron chi connectivity index (χ1n) is 10.3. The smallest absolute Gasteiger partial charge is 0.252 e. The van der Waals surface area contributed by atoms with Crippen LogP contribution in [-0.2, 0) is 4.79 Å². The quantitative estimate of drug-likeness (QED) is 0.411. The molecule has 174 valence electrons. The first-order chi connectivity index (χ1) is 15.8. The molecule has 2 amide bonds. The van der Waals surface area contributed by atoms with E-state index in [1.54, 1.807) is 18.2 Å². The van der Waals surface area contributed by atoms with E-state index >= 15 is 0 Å². The Morgan fingerprint density at radius 3 is 2.27 bits per heavy atom. The number of rotatable bonds is 9. The van der Waals surface area contributed by atoms with Crippen LogP contribution in [0, 0.1) is 5.92 Å². The summed E-state index contributed by atoms with van der Waals surface area (Å²) in [6.45, 7) is 3.87. The number of hydrogen-bond donors (Lipinski definition) is 2. The van der Waals surface area contributed by atoms with Gasteiger partial charge in [-0.3, -0.25) is 14.9 Å². The van der Waals surface area contributed by atoms with Crippen LogP contribution in [0.1, 0.15) is 30.6 Å². The monoisotopic (exact) mass is 532 g/mol. The molecule has 0 aliphatic heterocycles. The third-order valence-corrected chi connectivity index (χ3v) is 6.56. The van der Waals surface area contributed by atoms with Gasteiger partial charge in [-0.25, -0.2) is 0 Å². The maximum atomic E-state index is 13.1. The number of nitrogens with one attached hydrogen (secondary N) is 2. The summed E-state index contributed by atoms with van der Waals surface area (Å²) in [7, 11) is 3.02. The standard InChI is InChI=1S/C23H25BrN4O4S/c1-5-13(2)19(25-20(29)15-10-17(31-3)12-18(11-15)32-4)21(30)26-23-28-27-22(33-23)14-6-8-16(24)9-7-14/h6-13,19H,5H2,1-4H3,(H,25,29)(H,26,28,30)/t13-,19-/m1/s1. The topological polar surface area (TPSA) is 102 Å². The summed E-state index contributed by atoms with van der Waals surface area (Å²) in [6.07, 6.45) is 0.695. The second kappa shape index (κ2) is 11.2. The number of aromatic nitrogens is 2. The lowest BCUT2D eigenvalue weighted by atomic mass is 9.98. The molecule has 0 unspecified atom stereocenters. The Balaban J connectivity index is 1.76. The van der Waals surface area contributed by atoms with Gasteiger partial charge in [0.15, 0.2) is 0 Å². The molecule has 0 aliphatic carbocycles. The maximum absolute atomic E-state index is 13.1. The molecule has 0 radical (unpaired) electrons. The van der Waals surface area contributed by atoms with E-state index in [2.05, 4.69) is 36.8 Å². The Morgan fingerprint density at radius 1 is 1.06 bits per heavy atom. The number of benzene rings is 2. The number of methoxy groups -OCH3 is 2. The Hall–Kier alpha value is -2.98. The van der Waals surface area contributed by atoms with Crippen LogP contribution in [-0.4, -0.2) is 42.3 Å². The highest BCUT2D eigenvalue weighted by atomic mass is 79.9. The zero-order chi connectivity index (χ0) is 24.0. The van der Waals surface area contributed by atoms with Crippen LogP contribution < -0.4 is 20.1 Å². The van der Waals surface area contributed by atoms with Gasteiger partial charge in [-0.2, -0.15) is 0 Å². The van der Waals surface area contributed by atoms with E-state index in [4.69, 9.17) is 9.47 Å². The fourth-order valence-corrected chi connectivity index (χ4v) is 4.05. The SMILES string of the molecule is CC[C@@H](C)[C@@H](NC(=O)c1cc(OC)cc(OC)c1)C(=O)Nc1nnc(-c2ccc(Br)cc2)s1. The van der Waals surface area contributed by atoms with Crippen molar-refractivity contribution in [2.24, 2.45) is 5.92 Å². The molecule has 2 aromatic carbocycles. The molecule has 0 aliphatic rings. The van der Waals surface area contributed by atoms with Crippen molar-refractivity contribution in [3.63, 3.8) is 0 Å². The molecular formula is C23H25BrN4O4S. The molecule has 0 fully saturated rings. The van der Waals surface area contributed by atoms with Gasteiger partial charge in [0, 0.05) is 21.7 Å². The zero-order valence-corrected chi connectivity index (χ0v) is 21.1. The second-order valence-corrected chi connectivity index (χ2v) is 9.24. The average Bonchev–Trinajstić information content (AvgIpc) is 3.30. The first-order valence-corrected chi connectivity index (χ1v) is 11.9. The summed E-state index contributed by atoms with van der Waals surface area (Å²) >= 11 is 4.67. The fourth-order valence-electron chi connectivity index (χ4n) is 3.03. The third kappa shape index (κ3) is 6.29. The summed E-state index contributed by atoms with van der Waals surface area (Å²) in [5.41, 5.74) is 1.23. The molecule has 3 aromatic rings. The molecule has 2 N–H and O–H groups in total. The fraction of sp³-hybridized carbons (Fsp3) is 0.304. The predicted octanol–water partition coefficient (Wildman–Crippen LogP) is 4.77. The Kier molecular flexibility index (Phi) is 8.40. The van der Waals surface area contributed by atoms with Crippen molar-refractivity contribution >= 4 is 44.2 Å². The largest absolute Gasteiger partial charge is 0.497 e. The molecule has 3 rings (SSSR count). The predicted molar refractivity (Wildman–Crippen MR) is 132 cm³/mol. The minimum absolute atomic E-state index is 0.111. The van der Waals surface area contributed by atoms with Crippen LogP contribution in [0.3, 0.4) is 0 Å². The molecule has 10 heteroatoms. The van der Waals surface area contributed by atoms with Gasteiger partial charge in [-0.15, -0.1) is 10.2 Å². The van der Waals surface area contributed by atoms with E-state index in [0.29, 0.717) is 33.6 Å². The van der Waals surface area contributed by atoms with Crippen molar-refractivity contribution in [1.29, 1.82) is 0 Å². The molecule has 33 heavy (non-hydrogen) atoms. The minimum Gasteiger partial charge on any atom is -0.497 e. The minimum atomic E-state index is -0.764. The van der Waals surface area contributed by atoms with Crippen molar-refractivity contribution in [3.05, 3.63) is 52.5 Å². The molecule has 0 saturated carbocycles. The number of nitrogens with zero attached hydrogens (tertiary/aromatic N) is 2. The lowest BCUT2D eigenvalue weighted by Gasteiger charge is -2.23. The molecule has 2 atom stereocenters. The van der Waals surface area contributed by atoms with E-state index in [1.807, 2.05) is 38.1 Å². The third-order valence-electron chi connectivity index (χ3n) is 5.14. The van der Waals surface area contributed by atoms with Crippen molar-refractivity contribution in [2.75, 3.05) is 19.5 Å². The van der Waals surface area contributed by atoms with Gasteiger partial charge in [0.25, 0.3) is 5.91 Å². The van der Waals surface area contributed by atoms with Crippen molar-refractivity contribution < 1.29 is 19.1 Å². The maximum Gasteiger partial charge on any atom is 0.252 e. The summed E-state index contributed by atoms with van der Waals surface area (Å²) in [5.74, 6) is 0.101. The Bertz CT molecular complexity index is 1100. The van der Waals surface area contributed by atoms with Crippen LogP contribution in [0.5, 0.6) is 11.5 Å². The molecule has 1 heterocycles. The number of hydrogen-bond acceptors (Lipinski definition) is 7. The molecule has 0 bridgehead atoms. The van der Waals surface area contributed by atoms with Gasteiger partial charge < -0.3 is 14.8 Å². The van der Waals surface area contributed by atoms with E-state index in [-0.39, 0.29) is 11.8 Å². The Morgan fingerprint density at radius 2 is 1.70 bits per heavy atom. The Labute approximate surface area is 204 Å². The molecule has 0 saturated heterocycles. The van der Waals surface area contributed by atoms with Gasteiger partial charge in [-0.1, -0.05) is 59.7 Å². The highest BCUT2D eigenvalue weighted by molar-refractivity contribution is 9.10. The molecular weight excluding hydrogens is 508 g/mol. The van der Waals surface area contributed by atoms with Crippen molar-refractivity contribution in [1.82, 2.24) is 15.5 Å². The highest BCUT2D eigenvalue weighted by Crippen LogP contribution is 2.28. The van der Waals surface area contributed by atoms with Crippen LogP contribution in [0.15, 0.2) is 46.9 Å². The highest BCUT2D eigenvalue weighted by Gasteiger charge is 2.27. The molecule has 0 spiro atoms. The van der Waals surface area contributed by atoms with Crippen LogP contribution in [0.25, 0.3) is 10.6 Å². The summed E-state index contributed by atoms with van der Waals surface area (Å²) in [6, 6.07) is 11.8. The number of ether oxygens (including phenoxy) is 2. The number of amides is 2. The first kappa shape index (κ1) is 24.7. The summed E-state index contributed by atoms with van der Waals surface area (Å²) in [4.78, 5) is 26.0. The van der Waals surface area contributed by atoms with E-state index < -0.39 is 11.9 Å². The van der Waals surface area contributed by atoms with Gasteiger partial charge in [0.1, 0.15) is 22.5 Å². The van der Waals surface area contributed by atoms with E-state index in [9.17, 15) is 9.59 Å². The number of halogens is 1. The molecule has 8 nitrogen and oxygen atoms in total. The van der Waals surface area contributed by atoms with Crippen LogP contribution in [0.2, 0.25) is 0 Å². The van der Waals surface area contributed by atoms with Gasteiger partial charge >= 0.3 is 0 Å². The number of carbonyl (C=O) groups excluding carboxylic acids is 2. The number of carbonyl (C=O) groups is 2. The van der Waals surface area contributed by atoms with Crippen molar-refractivity contribution in [2.45, 2.75) is 26.3 Å². The normalized spacial score (nSPS) is 12.5. The second-order valence-electron chi connectivity index (χ2n) is 7.35. The summed E-state index contributed by atoms with van der Waals surface area (Å²) < 4.78 is 11.4. The number of anilines is 1. The molecule has 1 aromatic heterocycles. The van der Waals surface area contributed by atoms with Crippen LogP contribution in [0.4, 0.5) is 5.13 Å². The lowest BCUT2D eigenvalue weighted by Crippen LogP contribution is -2.47. The van der Waals surface area contributed by atoms with Gasteiger partial charge in [0.2, 0.25) is 11.0 Å². The zero-order valence-electron chi connectivity index (χ0n) is 18.7. The summed E-state index contributed by atoms with van der Waals surface area (Å²) in [5, 5.41) is 14.9. The van der Waals surface area contributed by atoms with Gasteiger partial charge in [0.05, 0.1) is 14.2 Å². The van der Waals surface area contributed by atoms with Crippen LogP contribution >= 0.6 is 27.3 Å². The van der Waals surface area contributed by atoms with Gasteiger partial charge in [-0.05, 0) is 30.2 Å². The van der Waals surface area contributed by atoms with Crippen molar-refractivity contribution in [3.8, 4) is 22.1 Å². The lowest BCUT2D eigenvalue weighted by molar-refractivity contribution is -0.119. The van der Waals surface area contributed by atoms with E-state index in [0.717, 1.165) is 10.0 Å². The average molecular weight is 533 g/mol.